The number of nitrogens with one attached hydrogen (secondary N) is 2. The van der Waals surface area contributed by atoms with Crippen LogP contribution in [0.2, 0.25) is 0 Å². The highest BCUT2D eigenvalue weighted by atomic mass is 16.5. The van der Waals surface area contributed by atoms with Crippen LogP contribution in [-0.4, -0.2) is 42.3 Å². The van der Waals surface area contributed by atoms with E-state index >= 15 is 0 Å². The third-order valence-corrected chi connectivity index (χ3v) is 4.73. The number of benzene rings is 2. The molecule has 1 saturated heterocycles. The Morgan fingerprint density at radius 1 is 0.931 bits per heavy atom. The minimum absolute atomic E-state index is 0.245. The fraction of sp³-hybridized carbons (Fsp3) is 0.304. The highest BCUT2D eigenvalue weighted by Crippen LogP contribution is 2.30. The lowest BCUT2D eigenvalue weighted by molar-refractivity contribution is 0.123. The van der Waals surface area contributed by atoms with E-state index in [-0.39, 0.29) is 6.04 Å². The summed E-state index contributed by atoms with van der Waals surface area (Å²) >= 11 is 0. The van der Waals surface area contributed by atoms with Crippen molar-refractivity contribution < 1.29 is 4.74 Å². The van der Waals surface area contributed by atoms with Crippen LogP contribution in [0.5, 0.6) is 0 Å². The van der Waals surface area contributed by atoms with Gasteiger partial charge in [-0.2, -0.15) is 4.98 Å². The summed E-state index contributed by atoms with van der Waals surface area (Å²) in [5.41, 5.74) is 4.14. The van der Waals surface area contributed by atoms with E-state index in [0.717, 1.165) is 54.8 Å². The maximum Gasteiger partial charge on any atom is 0.225 e. The maximum absolute atomic E-state index is 5.51. The van der Waals surface area contributed by atoms with Gasteiger partial charge in [0.2, 0.25) is 5.95 Å². The molecule has 1 aliphatic rings. The summed E-state index contributed by atoms with van der Waals surface area (Å²) in [6.07, 6.45) is 0. The topological polar surface area (TPSA) is 62.3 Å². The maximum atomic E-state index is 5.51. The Kier molecular flexibility index (Phi) is 5.91. The number of hydrogen-bond acceptors (Lipinski definition) is 6. The van der Waals surface area contributed by atoms with Crippen LogP contribution in [-0.2, 0) is 4.74 Å². The van der Waals surface area contributed by atoms with Gasteiger partial charge in [-0.1, -0.05) is 42.5 Å². The number of morpholine rings is 1. The molecule has 0 radical (unpaired) electrons. The highest BCUT2D eigenvalue weighted by molar-refractivity contribution is 5.76. The first-order valence-electron chi connectivity index (χ1n) is 10.1. The van der Waals surface area contributed by atoms with Gasteiger partial charge in [0.05, 0.1) is 30.3 Å². The van der Waals surface area contributed by atoms with Crippen molar-refractivity contribution in [3.63, 3.8) is 0 Å². The molecular weight excluding hydrogens is 362 g/mol. The number of ether oxygens (including phenoxy) is 1. The van der Waals surface area contributed by atoms with E-state index in [2.05, 4.69) is 59.7 Å². The Hall–Kier alpha value is -3.12. The molecule has 2 N–H and O–H groups in total. The molecule has 0 spiro atoms. The van der Waals surface area contributed by atoms with Gasteiger partial charge in [-0.3, -0.25) is 0 Å². The van der Waals surface area contributed by atoms with E-state index in [4.69, 9.17) is 14.7 Å². The molecule has 1 fully saturated rings. The Bertz CT molecular complexity index is 939. The first-order valence-corrected chi connectivity index (χ1v) is 10.1. The van der Waals surface area contributed by atoms with Gasteiger partial charge in [0, 0.05) is 30.8 Å². The monoisotopic (exact) mass is 389 g/mol. The molecule has 0 unspecified atom stereocenters. The fourth-order valence-electron chi connectivity index (χ4n) is 3.39. The average molecular weight is 390 g/mol. The zero-order chi connectivity index (χ0) is 20.1. The standard InChI is InChI=1S/C23H27N5O/c1-17(2)24-23-26-20(18-8-4-3-5-9-18)16-22(27-23)25-19-10-6-7-11-21(19)28-12-14-29-15-13-28/h3-11,16-17H,12-15H2,1-2H3,(H2,24,25,26,27). The molecule has 150 valence electrons. The smallest absolute Gasteiger partial charge is 0.225 e. The van der Waals surface area contributed by atoms with Gasteiger partial charge in [0.25, 0.3) is 0 Å². The van der Waals surface area contributed by atoms with E-state index in [0.29, 0.717) is 5.95 Å². The molecule has 1 aromatic heterocycles. The molecule has 2 heterocycles. The van der Waals surface area contributed by atoms with Crippen LogP contribution in [0.15, 0.2) is 60.7 Å². The Morgan fingerprint density at radius 2 is 1.66 bits per heavy atom. The first-order chi connectivity index (χ1) is 14.2. The van der Waals surface area contributed by atoms with Crippen LogP contribution in [0.4, 0.5) is 23.1 Å². The van der Waals surface area contributed by atoms with Crippen molar-refractivity contribution >= 4 is 23.1 Å². The molecule has 0 aliphatic carbocycles. The lowest BCUT2D eigenvalue weighted by Crippen LogP contribution is -2.36. The van der Waals surface area contributed by atoms with Crippen LogP contribution in [0.3, 0.4) is 0 Å². The number of hydrogen-bond donors (Lipinski definition) is 2. The van der Waals surface area contributed by atoms with Gasteiger partial charge in [-0.25, -0.2) is 4.98 Å². The summed E-state index contributed by atoms with van der Waals surface area (Å²) in [4.78, 5) is 11.8. The normalized spacial score (nSPS) is 14.1. The van der Waals surface area contributed by atoms with Crippen molar-refractivity contribution in [2.24, 2.45) is 0 Å². The summed E-state index contributed by atoms with van der Waals surface area (Å²) in [5, 5.41) is 6.85. The van der Waals surface area contributed by atoms with Crippen LogP contribution in [0, 0.1) is 0 Å². The summed E-state index contributed by atoms with van der Waals surface area (Å²) in [5.74, 6) is 1.38. The van der Waals surface area contributed by atoms with E-state index < -0.39 is 0 Å². The van der Waals surface area contributed by atoms with Crippen molar-refractivity contribution in [2.75, 3.05) is 41.8 Å². The number of rotatable bonds is 6. The van der Waals surface area contributed by atoms with Crippen LogP contribution < -0.4 is 15.5 Å². The predicted molar refractivity (Wildman–Crippen MR) is 119 cm³/mol. The molecule has 0 bridgehead atoms. The first kappa shape index (κ1) is 19.2. The molecule has 4 rings (SSSR count). The predicted octanol–water partition coefficient (Wildman–Crippen LogP) is 4.54. The van der Waals surface area contributed by atoms with Crippen LogP contribution in [0.1, 0.15) is 13.8 Å². The zero-order valence-electron chi connectivity index (χ0n) is 16.9. The summed E-state index contributed by atoms with van der Waals surface area (Å²) in [6.45, 7) is 7.44. The summed E-state index contributed by atoms with van der Waals surface area (Å²) in [7, 11) is 0. The summed E-state index contributed by atoms with van der Waals surface area (Å²) in [6, 6.07) is 20.8. The second kappa shape index (κ2) is 8.92. The molecule has 0 saturated carbocycles. The van der Waals surface area contributed by atoms with Crippen molar-refractivity contribution in [3.8, 4) is 11.3 Å². The van der Waals surface area contributed by atoms with Crippen molar-refractivity contribution in [1.29, 1.82) is 0 Å². The minimum atomic E-state index is 0.245. The Morgan fingerprint density at radius 3 is 2.41 bits per heavy atom. The van der Waals surface area contributed by atoms with E-state index in [1.54, 1.807) is 0 Å². The van der Waals surface area contributed by atoms with E-state index in [9.17, 15) is 0 Å². The second-order valence-electron chi connectivity index (χ2n) is 7.37. The number of aromatic nitrogens is 2. The highest BCUT2D eigenvalue weighted by Gasteiger charge is 2.15. The van der Waals surface area contributed by atoms with Gasteiger partial charge < -0.3 is 20.3 Å². The molecule has 6 nitrogen and oxygen atoms in total. The van der Waals surface area contributed by atoms with Crippen molar-refractivity contribution in [1.82, 2.24) is 9.97 Å². The second-order valence-corrected chi connectivity index (χ2v) is 7.37. The van der Waals surface area contributed by atoms with Gasteiger partial charge in [-0.05, 0) is 26.0 Å². The lowest BCUT2D eigenvalue weighted by atomic mass is 10.1. The summed E-state index contributed by atoms with van der Waals surface area (Å²) < 4.78 is 5.51. The number of para-hydroxylation sites is 2. The molecule has 0 atom stereocenters. The van der Waals surface area contributed by atoms with Gasteiger partial charge >= 0.3 is 0 Å². The van der Waals surface area contributed by atoms with Crippen LogP contribution >= 0.6 is 0 Å². The average Bonchev–Trinajstić information content (AvgIpc) is 2.75. The largest absolute Gasteiger partial charge is 0.378 e. The number of anilines is 4. The van der Waals surface area contributed by atoms with Crippen molar-refractivity contribution in [2.45, 2.75) is 19.9 Å². The molecule has 0 amide bonds. The molecule has 6 heteroatoms. The molecular formula is C23H27N5O. The van der Waals surface area contributed by atoms with E-state index in [1.165, 1.54) is 0 Å². The van der Waals surface area contributed by atoms with Crippen molar-refractivity contribution in [3.05, 3.63) is 60.7 Å². The lowest BCUT2D eigenvalue weighted by Gasteiger charge is -2.30. The third-order valence-electron chi connectivity index (χ3n) is 4.73. The van der Waals surface area contributed by atoms with E-state index in [1.807, 2.05) is 30.3 Å². The molecule has 1 aliphatic heterocycles. The third kappa shape index (κ3) is 4.84. The quantitative estimate of drug-likeness (QED) is 0.645. The number of nitrogens with zero attached hydrogens (tertiary/aromatic N) is 3. The SMILES string of the molecule is CC(C)Nc1nc(Nc2ccccc2N2CCOCC2)cc(-c2ccccc2)n1. The van der Waals surface area contributed by atoms with Gasteiger partial charge in [0.15, 0.2) is 0 Å². The van der Waals surface area contributed by atoms with Gasteiger partial charge in [0.1, 0.15) is 5.82 Å². The Balaban J connectivity index is 1.68. The molecule has 29 heavy (non-hydrogen) atoms. The minimum Gasteiger partial charge on any atom is -0.378 e. The molecule has 3 aromatic rings. The fourth-order valence-corrected chi connectivity index (χ4v) is 3.39. The van der Waals surface area contributed by atoms with Gasteiger partial charge in [-0.15, -0.1) is 0 Å². The zero-order valence-corrected chi connectivity index (χ0v) is 16.9. The molecule has 2 aromatic carbocycles. The van der Waals surface area contributed by atoms with Crippen LogP contribution in [0.25, 0.3) is 11.3 Å². The Labute approximate surface area is 172 Å².